The molecule has 3 amide bonds. The minimum atomic E-state index is -0.410. The molecule has 3 aliphatic rings. The third kappa shape index (κ3) is 3.90. The maximum atomic E-state index is 13.5. The van der Waals surface area contributed by atoms with Crippen LogP contribution < -0.4 is 10.2 Å². The first kappa shape index (κ1) is 20.7. The maximum Gasteiger partial charge on any atom is 0.256 e. The second-order valence-electron chi connectivity index (χ2n) is 9.11. The number of para-hydroxylation sites is 1. The summed E-state index contributed by atoms with van der Waals surface area (Å²) in [5, 5.41) is 3.17. The van der Waals surface area contributed by atoms with Crippen LogP contribution in [-0.4, -0.2) is 41.2 Å². The van der Waals surface area contributed by atoms with E-state index in [2.05, 4.69) is 5.32 Å². The molecule has 0 bridgehead atoms. The van der Waals surface area contributed by atoms with Crippen LogP contribution in [0.15, 0.2) is 48.5 Å². The van der Waals surface area contributed by atoms with Crippen molar-refractivity contribution in [3.63, 3.8) is 0 Å². The number of hydrogen-bond donors (Lipinski definition) is 1. The molecule has 0 spiro atoms. The van der Waals surface area contributed by atoms with Gasteiger partial charge in [-0.2, -0.15) is 0 Å². The summed E-state index contributed by atoms with van der Waals surface area (Å²) in [6, 6.07) is 14.7. The second kappa shape index (κ2) is 8.77. The number of nitrogens with zero attached hydrogens (tertiary/aromatic N) is 2. The van der Waals surface area contributed by atoms with Crippen LogP contribution in [0.4, 0.5) is 5.69 Å². The average Bonchev–Trinajstić information content (AvgIpc) is 3.30. The molecule has 0 aromatic heterocycles. The van der Waals surface area contributed by atoms with E-state index in [0.29, 0.717) is 36.3 Å². The molecule has 2 fully saturated rings. The van der Waals surface area contributed by atoms with Crippen LogP contribution in [0.25, 0.3) is 0 Å². The molecule has 32 heavy (non-hydrogen) atoms. The number of carbonyl (C=O) groups is 3. The van der Waals surface area contributed by atoms with Gasteiger partial charge >= 0.3 is 0 Å². The van der Waals surface area contributed by atoms with Gasteiger partial charge in [0, 0.05) is 18.2 Å². The van der Waals surface area contributed by atoms with E-state index in [9.17, 15) is 14.4 Å². The lowest BCUT2D eigenvalue weighted by molar-refractivity contribution is -0.122. The van der Waals surface area contributed by atoms with Gasteiger partial charge in [-0.05, 0) is 55.5 Å². The third-order valence-electron chi connectivity index (χ3n) is 6.96. The smallest absolute Gasteiger partial charge is 0.256 e. The Kier molecular flexibility index (Phi) is 5.68. The molecule has 1 atom stereocenters. The van der Waals surface area contributed by atoms with Crippen molar-refractivity contribution in [1.29, 1.82) is 0 Å². The minimum Gasteiger partial charge on any atom is -0.349 e. The molecule has 1 aliphatic carbocycles. The zero-order valence-corrected chi connectivity index (χ0v) is 18.3. The van der Waals surface area contributed by atoms with Crippen molar-refractivity contribution in [1.82, 2.24) is 10.2 Å². The average molecular weight is 432 g/mol. The summed E-state index contributed by atoms with van der Waals surface area (Å²) in [6.45, 7) is 0.951. The highest BCUT2D eigenvalue weighted by atomic mass is 16.2. The minimum absolute atomic E-state index is 0.0436. The van der Waals surface area contributed by atoms with Gasteiger partial charge in [-0.15, -0.1) is 0 Å². The van der Waals surface area contributed by atoms with Gasteiger partial charge in [-0.1, -0.05) is 43.5 Å². The van der Waals surface area contributed by atoms with Gasteiger partial charge in [0.15, 0.2) is 0 Å². The van der Waals surface area contributed by atoms with Crippen LogP contribution in [0.1, 0.15) is 71.2 Å². The Morgan fingerprint density at radius 1 is 0.938 bits per heavy atom. The Morgan fingerprint density at radius 2 is 1.75 bits per heavy atom. The summed E-state index contributed by atoms with van der Waals surface area (Å²) in [4.78, 5) is 42.8. The van der Waals surface area contributed by atoms with Crippen molar-refractivity contribution in [2.75, 3.05) is 11.4 Å². The highest BCUT2D eigenvalue weighted by molar-refractivity contribution is 6.11. The van der Waals surface area contributed by atoms with Crippen LogP contribution in [0.5, 0.6) is 0 Å². The van der Waals surface area contributed by atoms with Gasteiger partial charge in [-0.25, -0.2) is 0 Å². The molecule has 166 valence electrons. The zero-order valence-electron chi connectivity index (χ0n) is 18.3. The monoisotopic (exact) mass is 431 g/mol. The fourth-order valence-corrected chi connectivity index (χ4v) is 5.28. The lowest BCUT2D eigenvalue weighted by Crippen LogP contribution is -2.44. The fraction of sp³-hybridized carbons (Fsp3) is 0.423. The van der Waals surface area contributed by atoms with Crippen molar-refractivity contribution in [2.24, 2.45) is 0 Å². The van der Waals surface area contributed by atoms with Gasteiger partial charge in [0.2, 0.25) is 5.91 Å². The van der Waals surface area contributed by atoms with E-state index < -0.39 is 6.04 Å². The summed E-state index contributed by atoms with van der Waals surface area (Å²) in [6.07, 6.45) is 7.19. The van der Waals surface area contributed by atoms with Crippen molar-refractivity contribution < 1.29 is 14.4 Å². The van der Waals surface area contributed by atoms with E-state index in [4.69, 9.17) is 0 Å². The van der Waals surface area contributed by atoms with Crippen LogP contribution in [0, 0.1) is 0 Å². The number of rotatable bonds is 4. The zero-order chi connectivity index (χ0) is 22.1. The lowest BCUT2D eigenvalue weighted by Gasteiger charge is -2.26. The highest BCUT2D eigenvalue weighted by Gasteiger charge is 2.41. The van der Waals surface area contributed by atoms with E-state index >= 15 is 0 Å². The Hall–Kier alpha value is -3.15. The first-order valence-electron chi connectivity index (χ1n) is 11.7. The van der Waals surface area contributed by atoms with Crippen molar-refractivity contribution in [3.05, 3.63) is 65.2 Å². The molecule has 1 saturated carbocycles. The lowest BCUT2D eigenvalue weighted by atomic mass is 9.95. The quantitative estimate of drug-likeness (QED) is 0.798. The number of carbonyl (C=O) groups excluding carboxylic acids is 3. The van der Waals surface area contributed by atoms with Crippen molar-refractivity contribution >= 4 is 23.4 Å². The van der Waals surface area contributed by atoms with Crippen molar-refractivity contribution in [3.8, 4) is 0 Å². The molecule has 6 heteroatoms. The number of fused-ring (bicyclic) bond motifs is 2. The molecule has 0 radical (unpaired) electrons. The summed E-state index contributed by atoms with van der Waals surface area (Å²) < 4.78 is 0. The number of amides is 3. The van der Waals surface area contributed by atoms with Crippen LogP contribution >= 0.6 is 0 Å². The molecule has 1 N–H and O–H groups in total. The van der Waals surface area contributed by atoms with E-state index in [1.807, 2.05) is 42.5 Å². The predicted molar refractivity (Wildman–Crippen MR) is 122 cm³/mol. The summed E-state index contributed by atoms with van der Waals surface area (Å²) >= 11 is 0. The predicted octanol–water partition coefficient (Wildman–Crippen LogP) is 3.90. The van der Waals surface area contributed by atoms with Gasteiger partial charge in [-0.3, -0.25) is 14.4 Å². The summed E-state index contributed by atoms with van der Waals surface area (Å²) in [7, 11) is 0. The van der Waals surface area contributed by atoms with E-state index in [1.54, 1.807) is 15.9 Å². The largest absolute Gasteiger partial charge is 0.349 e. The molecule has 1 unspecified atom stereocenters. The van der Waals surface area contributed by atoms with Gasteiger partial charge < -0.3 is 15.1 Å². The first-order valence-corrected chi connectivity index (χ1v) is 11.7. The Morgan fingerprint density at radius 3 is 2.59 bits per heavy atom. The maximum absolute atomic E-state index is 13.5. The standard InChI is InChI=1S/C26H29N3O3/c30-24(27-20-10-2-1-3-11-20)19-9-6-8-18(16-19)17-29-22-13-5-4-12-21(22)25(31)28-15-7-14-23(28)26(29)32/h4-6,8-9,12-13,16,20,23H,1-3,7,10-11,14-15,17H2,(H,27,30). The molecule has 2 heterocycles. The summed E-state index contributed by atoms with van der Waals surface area (Å²) in [5.74, 6) is -0.170. The van der Waals surface area contributed by atoms with E-state index in [-0.39, 0.29) is 23.8 Å². The Balaban J connectivity index is 1.41. The molecule has 1 saturated heterocycles. The first-order chi connectivity index (χ1) is 15.6. The normalized spacial score (nSPS) is 21.2. The topological polar surface area (TPSA) is 69.7 Å². The molecule has 2 aromatic rings. The SMILES string of the molecule is O=C(NC1CCCCC1)c1cccc(CN2C(=O)C3CCCN3C(=O)c3ccccc32)c1. The van der Waals surface area contributed by atoms with Gasteiger partial charge in [0.25, 0.3) is 11.8 Å². The third-order valence-corrected chi connectivity index (χ3v) is 6.96. The molecule has 2 aliphatic heterocycles. The van der Waals surface area contributed by atoms with Gasteiger partial charge in [0.05, 0.1) is 17.8 Å². The molecular formula is C26H29N3O3. The second-order valence-corrected chi connectivity index (χ2v) is 9.11. The van der Waals surface area contributed by atoms with E-state index in [0.717, 1.165) is 24.8 Å². The number of benzene rings is 2. The Labute approximate surface area is 188 Å². The van der Waals surface area contributed by atoms with Crippen LogP contribution in [0.2, 0.25) is 0 Å². The fourth-order valence-electron chi connectivity index (χ4n) is 5.28. The van der Waals surface area contributed by atoms with Crippen LogP contribution in [-0.2, 0) is 11.3 Å². The molecule has 6 nitrogen and oxygen atoms in total. The van der Waals surface area contributed by atoms with Crippen molar-refractivity contribution in [2.45, 2.75) is 63.6 Å². The molecular weight excluding hydrogens is 402 g/mol. The number of anilines is 1. The van der Waals surface area contributed by atoms with Gasteiger partial charge in [0.1, 0.15) is 6.04 Å². The van der Waals surface area contributed by atoms with Crippen LogP contribution in [0.3, 0.4) is 0 Å². The highest BCUT2D eigenvalue weighted by Crippen LogP contribution is 2.33. The summed E-state index contributed by atoms with van der Waals surface area (Å²) in [5.41, 5.74) is 2.70. The van der Waals surface area contributed by atoms with E-state index in [1.165, 1.54) is 19.3 Å². The molecule has 5 rings (SSSR count). The Bertz CT molecular complexity index is 1040. The number of nitrogens with one attached hydrogen (secondary N) is 1. The number of hydrogen-bond acceptors (Lipinski definition) is 3. The molecule has 2 aromatic carbocycles.